The van der Waals surface area contributed by atoms with Gasteiger partial charge in [-0.05, 0) is 35.4 Å². The molecule has 0 aliphatic carbocycles. The summed E-state index contributed by atoms with van der Waals surface area (Å²) >= 11 is 6.18. The van der Waals surface area contributed by atoms with Gasteiger partial charge in [0.1, 0.15) is 6.10 Å². The van der Waals surface area contributed by atoms with Gasteiger partial charge in [0.2, 0.25) is 6.79 Å². The van der Waals surface area contributed by atoms with Gasteiger partial charge in [-0.15, -0.1) is 0 Å². The predicted octanol–water partition coefficient (Wildman–Crippen LogP) is 3.63. The molecule has 1 aliphatic heterocycles. The molecular formula is C16H12ClNO3. The molecule has 0 radical (unpaired) electrons. The lowest BCUT2D eigenvalue weighted by Crippen LogP contribution is -2.00. The van der Waals surface area contributed by atoms with Crippen molar-refractivity contribution >= 4 is 22.5 Å². The first-order valence-electron chi connectivity index (χ1n) is 6.57. The number of aliphatic hydroxyl groups excluding tert-OH is 1. The second-order valence-corrected chi connectivity index (χ2v) is 5.33. The molecule has 4 rings (SSSR count). The number of rotatable bonds is 2. The fourth-order valence-electron chi connectivity index (χ4n) is 2.67. The summed E-state index contributed by atoms with van der Waals surface area (Å²) in [6, 6.07) is 11.2. The van der Waals surface area contributed by atoms with Crippen LogP contribution in [0.3, 0.4) is 0 Å². The van der Waals surface area contributed by atoms with Gasteiger partial charge in [0.15, 0.2) is 11.5 Å². The maximum absolute atomic E-state index is 10.7. The van der Waals surface area contributed by atoms with Crippen LogP contribution in [0.15, 0.2) is 42.6 Å². The molecule has 4 nitrogen and oxygen atoms in total. The Labute approximate surface area is 125 Å². The van der Waals surface area contributed by atoms with Crippen molar-refractivity contribution in [1.82, 2.24) is 4.98 Å². The first-order valence-corrected chi connectivity index (χ1v) is 6.95. The third-order valence-electron chi connectivity index (χ3n) is 3.69. The number of hydrogen-bond donors (Lipinski definition) is 2. The van der Waals surface area contributed by atoms with Crippen molar-refractivity contribution in [3.05, 3.63) is 58.7 Å². The van der Waals surface area contributed by atoms with Crippen molar-refractivity contribution < 1.29 is 14.6 Å². The minimum absolute atomic E-state index is 0.155. The second kappa shape index (κ2) is 4.69. The quantitative estimate of drug-likeness (QED) is 0.760. The molecular weight excluding hydrogens is 290 g/mol. The van der Waals surface area contributed by atoms with Crippen molar-refractivity contribution in [1.29, 1.82) is 0 Å². The largest absolute Gasteiger partial charge is 0.454 e. The van der Waals surface area contributed by atoms with Crippen molar-refractivity contribution in [2.75, 3.05) is 6.79 Å². The van der Waals surface area contributed by atoms with E-state index in [-0.39, 0.29) is 6.79 Å². The topological polar surface area (TPSA) is 54.5 Å². The maximum atomic E-state index is 10.7. The summed E-state index contributed by atoms with van der Waals surface area (Å²) in [5.74, 6) is 1.10. The fourth-order valence-corrected chi connectivity index (χ4v) is 2.95. The molecule has 0 saturated heterocycles. The zero-order valence-corrected chi connectivity index (χ0v) is 11.7. The Balaban J connectivity index is 1.83. The molecule has 0 fully saturated rings. The lowest BCUT2D eigenvalue weighted by molar-refractivity contribution is 0.173. The van der Waals surface area contributed by atoms with Gasteiger partial charge < -0.3 is 19.6 Å². The first-order chi connectivity index (χ1) is 10.2. The number of ether oxygens (including phenoxy) is 2. The van der Waals surface area contributed by atoms with Crippen LogP contribution in [0.2, 0.25) is 5.02 Å². The van der Waals surface area contributed by atoms with Gasteiger partial charge in [-0.3, -0.25) is 0 Å². The van der Waals surface area contributed by atoms with E-state index in [2.05, 4.69) is 4.98 Å². The predicted molar refractivity (Wildman–Crippen MR) is 79.9 cm³/mol. The Morgan fingerprint density at radius 2 is 2.10 bits per heavy atom. The molecule has 0 saturated carbocycles. The Bertz CT molecular complexity index is 828. The fraction of sp³-hybridized carbons (Fsp3) is 0.125. The average Bonchev–Trinajstić information content (AvgIpc) is 3.14. The highest BCUT2D eigenvalue weighted by atomic mass is 35.5. The molecule has 5 heteroatoms. The van der Waals surface area contributed by atoms with E-state index >= 15 is 0 Å². The number of aromatic amines is 1. The highest BCUT2D eigenvalue weighted by molar-refractivity contribution is 6.32. The zero-order chi connectivity index (χ0) is 14.4. The Kier molecular flexibility index (Phi) is 2.80. The number of hydrogen-bond acceptors (Lipinski definition) is 3. The van der Waals surface area contributed by atoms with Crippen LogP contribution in [0.5, 0.6) is 11.5 Å². The van der Waals surface area contributed by atoms with E-state index in [1.165, 1.54) is 0 Å². The van der Waals surface area contributed by atoms with Crippen LogP contribution >= 0.6 is 11.6 Å². The van der Waals surface area contributed by atoms with E-state index in [1.54, 1.807) is 12.1 Å². The third-order valence-corrected chi connectivity index (χ3v) is 3.97. The van der Waals surface area contributed by atoms with E-state index < -0.39 is 6.10 Å². The van der Waals surface area contributed by atoms with E-state index in [0.717, 1.165) is 16.5 Å². The summed E-state index contributed by atoms with van der Waals surface area (Å²) < 4.78 is 10.6. The van der Waals surface area contributed by atoms with Crippen LogP contribution in [0.4, 0.5) is 0 Å². The van der Waals surface area contributed by atoms with Crippen LogP contribution in [0.25, 0.3) is 10.9 Å². The molecule has 0 spiro atoms. The Hall–Kier alpha value is -2.17. The maximum Gasteiger partial charge on any atom is 0.231 e. The van der Waals surface area contributed by atoms with Gasteiger partial charge in [0.05, 0.1) is 5.02 Å². The minimum Gasteiger partial charge on any atom is -0.454 e. The molecule has 2 aromatic carbocycles. The second-order valence-electron chi connectivity index (χ2n) is 4.93. The molecule has 2 N–H and O–H groups in total. The van der Waals surface area contributed by atoms with E-state index in [4.69, 9.17) is 21.1 Å². The zero-order valence-electron chi connectivity index (χ0n) is 11.0. The molecule has 0 amide bonds. The summed E-state index contributed by atoms with van der Waals surface area (Å²) in [5, 5.41) is 12.1. The standard InChI is InChI=1S/C16H12ClNO3/c17-12-6-9(7-14-16(12)21-8-20-14)15(19)11-2-1-3-13-10(11)4-5-18-13/h1-7,15,18-19H,8H2. The number of fused-ring (bicyclic) bond motifs is 2. The SMILES string of the molecule is OC(c1cc(Cl)c2c(c1)OCO2)c1cccc2[nH]ccc12. The average molecular weight is 302 g/mol. The first kappa shape index (κ1) is 12.6. The summed E-state index contributed by atoms with van der Waals surface area (Å²) in [7, 11) is 0. The molecule has 2 heterocycles. The summed E-state index contributed by atoms with van der Waals surface area (Å²) in [6.07, 6.45) is 1.07. The molecule has 1 unspecified atom stereocenters. The van der Waals surface area contributed by atoms with Gasteiger partial charge in [0.25, 0.3) is 0 Å². The number of H-pyrrole nitrogens is 1. The van der Waals surface area contributed by atoms with E-state index in [1.807, 2.05) is 30.5 Å². The van der Waals surface area contributed by atoms with Gasteiger partial charge in [-0.1, -0.05) is 23.7 Å². The van der Waals surface area contributed by atoms with Crippen LogP contribution in [0, 0.1) is 0 Å². The van der Waals surface area contributed by atoms with E-state index in [9.17, 15) is 5.11 Å². The molecule has 1 aromatic heterocycles. The number of benzene rings is 2. The summed E-state index contributed by atoms with van der Waals surface area (Å²) in [5.41, 5.74) is 2.49. The normalized spacial score (nSPS) is 14.6. The van der Waals surface area contributed by atoms with E-state index in [0.29, 0.717) is 22.1 Å². The number of nitrogens with one attached hydrogen (secondary N) is 1. The smallest absolute Gasteiger partial charge is 0.231 e. The molecule has 21 heavy (non-hydrogen) atoms. The van der Waals surface area contributed by atoms with Gasteiger partial charge in [-0.2, -0.15) is 0 Å². The molecule has 106 valence electrons. The number of aliphatic hydroxyl groups is 1. The molecule has 0 bridgehead atoms. The minimum atomic E-state index is -0.781. The lowest BCUT2D eigenvalue weighted by Gasteiger charge is -2.14. The van der Waals surface area contributed by atoms with Crippen molar-refractivity contribution in [2.24, 2.45) is 0 Å². The van der Waals surface area contributed by atoms with Crippen LogP contribution in [0.1, 0.15) is 17.2 Å². The van der Waals surface area contributed by atoms with Gasteiger partial charge in [-0.25, -0.2) is 0 Å². The van der Waals surface area contributed by atoms with Gasteiger partial charge >= 0.3 is 0 Å². The molecule has 1 atom stereocenters. The summed E-state index contributed by atoms with van der Waals surface area (Å²) in [4.78, 5) is 3.14. The monoisotopic (exact) mass is 301 g/mol. The number of halogens is 1. The lowest BCUT2D eigenvalue weighted by atomic mass is 9.98. The highest BCUT2D eigenvalue weighted by Crippen LogP contribution is 2.42. The van der Waals surface area contributed by atoms with Crippen molar-refractivity contribution in [2.45, 2.75) is 6.10 Å². The number of aromatic nitrogens is 1. The van der Waals surface area contributed by atoms with Crippen LogP contribution in [-0.2, 0) is 0 Å². The Morgan fingerprint density at radius 3 is 3.00 bits per heavy atom. The molecule has 3 aromatic rings. The Morgan fingerprint density at radius 1 is 1.19 bits per heavy atom. The van der Waals surface area contributed by atoms with Crippen molar-refractivity contribution in [3.8, 4) is 11.5 Å². The van der Waals surface area contributed by atoms with Crippen LogP contribution < -0.4 is 9.47 Å². The highest BCUT2D eigenvalue weighted by Gasteiger charge is 2.22. The van der Waals surface area contributed by atoms with Crippen LogP contribution in [-0.4, -0.2) is 16.9 Å². The summed E-state index contributed by atoms with van der Waals surface area (Å²) in [6.45, 7) is 0.155. The molecule has 1 aliphatic rings. The third kappa shape index (κ3) is 1.95. The van der Waals surface area contributed by atoms with Gasteiger partial charge in [0, 0.05) is 17.1 Å². The van der Waals surface area contributed by atoms with Crippen molar-refractivity contribution in [3.63, 3.8) is 0 Å².